The highest BCUT2D eigenvalue weighted by atomic mass is 16.5. The third-order valence-corrected chi connectivity index (χ3v) is 5.38. The predicted molar refractivity (Wildman–Crippen MR) is 113 cm³/mol. The third-order valence-electron chi connectivity index (χ3n) is 5.38. The summed E-state index contributed by atoms with van der Waals surface area (Å²) in [7, 11) is 3.17. The first-order valence-corrected chi connectivity index (χ1v) is 10.0. The van der Waals surface area contributed by atoms with Gasteiger partial charge in [0.2, 0.25) is 5.91 Å². The summed E-state index contributed by atoms with van der Waals surface area (Å²) in [6.45, 7) is 4.28. The van der Waals surface area contributed by atoms with Crippen LogP contribution in [0.15, 0.2) is 48.5 Å². The molecule has 3 rings (SSSR count). The molecule has 0 spiro atoms. The zero-order valence-electron chi connectivity index (χ0n) is 17.4. The first kappa shape index (κ1) is 21.1. The van der Waals surface area contributed by atoms with Gasteiger partial charge in [-0.1, -0.05) is 30.3 Å². The van der Waals surface area contributed by atoms with E-state index in [9.17, 15) is 4.79 Å². The fourth-order valence-electron chi connectivity index (χ4n) is 3.54. The topological polar surface area (TPSA) is 60.0 Å². The number of benzene rings is 2. The molecule has 0 unspecified atom stereocenters. The van der Waals surface area contributed by atoms with Crippen molar-refractivity contribution in [3.63, 3.8) is 0 Å². The number of amides is 1. The maximum Gasteiger partial charge on any atom is 0.241 e. The Bertz CT molecular complexity index is 789. The van der Waals surface area contributed by atoms with Gasteiger partial charge in [0.25, 0.3) is 0 Å². The molecule has 1 aliphatic heterocycles. The SMILES string of the molecule is COc1ccc(NC(=O)[C@H](C)N2CCC(OCc3ccccc3)CC2)cc1OC. The van der Waals surface area contributed by atoms with E-state index in [1.165, 1.54) is 5.56 Å². The number of nitrogens with one attached hydrogen (secondary N) is 1. The van der Waals surface area contributed by atoms with Gasteiger partial charge in [0.05, 0.1) is 33.0 Å². The van der Waals surface area contributed by atoms with Crippen LogP contribution in [0, 0.1) is 0 Å². The van der Waals surface area contributed by atoms with Gasteiger partial charge in [-0.2, -0.15) is 0 Å². The molecular formula is C23H30N2O4. The molecule has 0 aromatic heterocycles. The van der Waals surface area contributed by atoms with E-state index in [4.69, 9.17) is 14.2 Å². The second-order valence-electron chi connectivity index (χ2n) is 7.27. The van der Waals surface area contributed by atoms with Gasteiger partial charge in [0.1, 0.15) is 0 Å². The van der Waals surface area contributed by atoms with Crippen molar-refractivity contribution >= 4 is 11.6 Å². The number of hydrogen-bond donors (Lipinski definition) is 1. The van der Waals surface area contributed by atoms with Gasteiger partial charge in [0.15, 0.2) is 11.5 Å². The van der Waals surface area contributed by atoms with Gasteiger partial charge in [-0.3, -0.25) is 9.69 Å². The van der Waals surface area contributed by atoms with Crippen molar-refractivity contribution in [2.75, 3.05) is 32.6 Å². The van der Waals surface area contributed by atoms with Crippen LogP contribution in [0.25, 0.3) is 0 Å². The van der Waals surface area contributed by atoms with Crippen LogP contribution in [0.3, 0.4) is 0 Å². The molecule has 2 aromatic carbocycles. The zero-order chi connectivity index (χ0) is 20.6. The van der Waals surface area contributed by atoms with Crippen LogP contribution in [0.1, 0.15) is 25.3 Å². The van der Waals surface area contributed by atoms with E-state index in [-0.39, 0.29) is 18.1 Å². The Balaban J connectivity index is 1.47. The van der Waals surface area contributed by atoms with Crippen molar-refractivity contribution in [2.45, 2.75) is 38.5 Å². The van der Waals surface area contributed by atoms with Crippen molar-refractivity contribution < 1.29 is 19.0 Å². The number of nitrogens with zero attached hydrogens (tertiary/aromatic N) is 1. The van der Waals surface area contributed by atoms with E-state index in [0.29, 0.717) is 23.8 Å². The summed E-state index contributed by atoms with van der Waals surface area (Å²) in [6, 6.07) is 15.4. The van der Waals surface area contributed by atoms with Gasteiger partial charge < -0.3 is 19.5 Å². The molecule has 1 saturated heterocycles. The zero-order valence-corrected chi connectivity index (χ0v) is 17.4. The van der Waals surface area contributed by atoms with Crippen LogP contribution in [-0.4, -0.2) is 50.3 Å². The molecule has 1 heterocycles. The van der Waals surface area contributed by atoms with E-state index < -0.39 is 0 Å². The highest BCUT2D eigenvalue weighted by Gasteiger charge is 2.27. The molecular weight excluding hydrogens is 368 g/mol. The van der Waals surface area contributed by atoms with Crippen molar-refractivity contribution in [3.05, 3.63) is 54.1 Å². The Kier molecular flexibility index (Phi) is 7.49. The van der Waals surface area contributed by atoms with Crippen LogP contribution in [0.2, 0.25) is 0 Å². The maximum absolute atomic E-state index is 12.7. The summed E-state index contributed by atoms with van der Waals surface area (Å²) >= 11 is 0. The smallest absolute Gasteiger partial charge is 0.241 e. The first-order chi connectivity index (χ1) is 14.1. The van der Waals surface area contributed by atoms with Crippen LogP contribution in [0.5, 0.6) is 11.5 Å². The van der Waals surface area contributed by atoms with E-state index in [2.05, 4.69) is 22.3 Å². The minimum atomic E-state index is -0.210. The average molecular weight is 399 g/mol. The number of rotatable bonds is 8. The second kappa shape index (κ2) is 10.3. The lowest BCUT2D eigenvalue weighted by atomic mass is 10.1. The Hall–Kier alpha value is -2.57. The summed E-state index contributed by atoms with van der Waals surface area (Å²) in [5.74, 6) is 1.20. The molecule has 29 heavy (non-hydrogen) atoms. The van der Waals surface area contributed by atoms with E-state index in [1.54, 1.807) is 26.4 Å². The normalized spacial score (nSPS) is 16.2. The summed E-state index contributed by atoms with van der Waals surface area (Å²) in [5, 5.41) is 2.98. The number of likely N-dealkylation sites (tertiary alicyclic amines) is 1. The quantitative estimate of drug-likeness (QED) is 0.735. The number of anilines is 1. The fourth-order valence-corrected chi connectivity index (χ4v) is 3.54. The molecule has 0 saturated carbocycles. The van der Waals surface area contributed by atoms with Gasteiger partial charge in [-0.05, 0) is 37.5 Å². The van der Waals surface area contributed by atoms with E-state index in [0.717, 1.165) is 25.9 Å². The fraction of sp³-hybridized carbons (Fsp3) is 0.435. The summed E-state index contributed by atoms with van der Waals surface area (Å²) in [6.07, 6.45) is 2.11. The van der Waals surface area contributed by atoms with Crippen LogP contribution >= 0.6 is 0 Å². The van der Waals surface area contributed by atoms with E-state index >= 15 is 0 Å². The lowest BCUT2D eigenvalue weighted by Crippen LogP contribution is -2.47. The highest BCUT2D eigenvalue weighted by molar-refractivity contribution is 5.94. The van der Waals surface area contributed by atoms with Crippen LogP contribution < -0.4 is 14.8 Å². The molecule has 1 amide bonds. The lowest BCUT2D eigenvalue weighted by Gasteiger charge is -2.35. The van der Waals surface area contributed by atoms with Crippen LogP contribution in [-0.2, 0) is 16.1 Å². The highest BCUT2D eigenvalue weighted by Crippen LogP contribution is 2.30. The minimum Gasteiger partial charge on any atom is -0.493 e. The number of methoxy groups -OCH3 is 2. The van der Waals surface area contributed by atoms with Crippen LogP contribution in [0.4, 0.5) is 5.69 Å². The number of carbonyl (C=O) groups is 1. The summed E-state index contributed by atoms with van der Waals surface area (Å²) in [5.41, 5.74) is 1.89. The monoisotopic (exact) mass is 398 g/mol. The van der Waals surface area contributed by atoms with Crippen molar-refractivity contribution in [2.24, 2.45) is 0 Å². The molecule has 1 fully saturated rings. The molecule has 156 valence electrons. The predicted octanol–water partition coefficient (Wildman–Crippen LogP) is 3.71. The molecule has 1 atom stereocenters. The molecule has 6 heteroatoms. The van der Waals surface area contributed by atoms with Gasteiger partial charge in [-0.25, -0.2) is 0 Å². The number of ether oxygens (including phenoxy) is 3. The molecule has 0 bridgehead atoms. The maximum atomic E-state index is 12.7. The summed E-state index contributed by atoms with van der Waals surface area (Å²) < 4.78 is 16.6. The number of carbonyl (C=O) groups excluding carboxylic acids is 1. The minimum absolute atomic E-state index is 0.0270. The van der Waals surface area contributed by atoms with Gasteiger partial charge in [0, 0.05) is 24.8 Å². The molecule has 0 aliphatic carbocycles. The Morgan fingerprint density at radius 2 is 1.76 bits per heavy atom. The molecule has 2 aromatic rings. The Morgan fingerprint density at radius 3 is 2.41 bits per heavy atom. The molecule has 0 radical (unpaired) electrons. The molecule has 6 nitrogen and oxygen atoms in total. The molecule has 1 N–H and O–H groups in total. The van der Waals surface area contributed by atoms with E-state index in [1.807, 2.05) is 31.2 Å². The Morgan fingerprint density at radius 1 is 1.07 bits per heavy atom. The van der Waals surface area contributed by atoms with Crippen molar-refractivity contribution in [1.29, 1.82) is 0 Å². The largest absolute Gasteiger partial charge is 0.493 e. The molecule has 1 aliphatic rings. The lowest BCUT2D eigenvalue weighted by molar-refractivity contribution is -0.122. The Labute approximate surface area is 172 Å². The number of piperidine rings is 1. The van der Waals surface area contributed by atoms with Gasteiger partial charge in [-0.15, -0.1) is 0 Å². The van der Waals surface area contributed by atoms with Crippen molar-refractivity contribution in [1.82, 2.24) is 4.90 Å². The number of hydrogen-bond acceptors (Lipinski definition) is 5. The van der Waals surface area contributed by atoms with Gasteiger partial charge >= 0.3 is 0 Å². The second-order valence-corrected chi connectivity index (χ2v) is 7.27. The van der Waals surface area contributed by atoms with Crippen molar-refractivity contribution in [3.8, 4) is 11.5 Å². The third kappa shape index (κ3) is 5.71. The first-order valence-electron chi connectivity index (χ1n) is 10.0. The standard InChI is InChI=1S/C23H30N2O4/c1-17(23(26)24-19-9-10-21(27-2)22(15-19)28-3)25-13-11-20(12-14-25)29-16-18-7-5-4-6-8-18/h4-10,15,17,20H,11-14,16H2,1-3H3,(H,24,26)/t17-/m0/s1. The average Bonchev–Trinajstić information content (AvgIpc) is 2.78. The summed E-state index contributed by atoms with van der Waals surface area (Å²) in [4.78, 5) is 14.9.